The van der Waals surface area contributed by atoms with Crippen molar-refractivity contribution in [2.45, 2.75) is 13.3 Å². The highest BCUT2D eigenvalue weighted by Crippen LogP contribution is 2.37. The number of pyridine rings is 1. The van der Waals surface area contributed by atoms with Crippen molar-refractivity contribution >= 4 is 11.3 Å². The van der Waals surface area contributed by atoms with E-state index in [9.17, 15) is 5.11 Å². The Morgan fingerprint density at radius 3 is 2.55 bits per heavy atom. The van der Waals surface area contributed by atoms with E-state index in [1.165, 1.54) is 0 Å². The van der Waals surface area contributed by atoms with Gasteiger partial charge in [-0.25, -0.2) is 4.98 Å². The molecule has 2 aromatic heterocycles. The van der Waals surface area contributed by atoms with Crippen molar-refractivity contribution in [2.24, 2.45) is 0 Å². The second-order valence-electron chi connectivity index (χ2n) is 4.43. The minimum atomic E-state index is 0.275. The van der Waals surface area contributed by atoms with Crippen LogP contribution in [0.25, 0.3) is 21.7 Å². The van der Waals surface area contributed by atoms with Gasteiger partial charge in [-0.15, -0.1) is 11.3 Å². The number of phenolic OH excluding ortho intramolecular Hbond substituents is 1. The van der Waals surface area contributed by atoms with Crippen LogP contribution in [0.4, 0.5) is 0 Å². The van der Waals surface area contributed by atoms with Crippen LogP contribution in [0, 0.1) is 0 Å². The molecule has 0 atom stereocenters. The summed E-state index contributed by atoms with van der Waals surface area (Å²) in [6.45, 7) is 2.10. The van der Waals surface area contributed by atoms with Crippen molar-refractivity contribution in [1.29, 1.82) is 0 Å². The van der Waals surface area contributed by atoms with E-state index in [-0.39, 0.29) is 5.75 Å². The molecular weight excluding hydrogens is 268 g/mol. The van der Waals surface area contributed by atoms with Crippen LogP contribution in [-0.4, -0.2) is 15.1 Å². The zero-order valence-corrected chi connectivity index (χ0v) is 11.9. The smallest absolute Gasteiger partial charge is 0.115 e. The molecule has 1 aromatic carbocycles. The Bertz CT molecular complexity index is 705. The lowest BCUT2D eigenvalue weighted by atomic mass is 10.1. The zero-order chi connectivity index (χ0) is 13.9. The van der Waals surface area contributed by atoms with Crippen LogP contribution in [0.5, 0.6) is 5.75 Å². The predicted octanol–water partition coefficient (Wildman–Crippen LogP) is 4.14. The molecule has 4 heteroatoms. The van der Waals surface area contributed by atoms with Crippen molar-refractivity contribution in [1.82, 2.24) is 9.97 Å². The number of nitrogens with zero attached hydrogens (tertiary/aromatic N) is 2. The van der Waals surface area contributed by atoms with Crippen LogP contribution in [0.15, 0.2) is 48.8 Å². The SMILES string of the molecule is CCc1nc(-c2cccnc2)c(-c2ccc(O)cc2)s1. The summed E-state index contributed by atoms with van der Waals surface area (Å²) in [6, 6.07) is 11.2. The molecule has 0 amide bonds. The largest absolute Gasteiger partial charge is 0.508 e. The van der Waals surface area contributed by atoms with Gasteiger partial charge in [-0.05, 0) is 48.4 Å². The molecular formula is C16H14N2OS. The molecule has 2 heterocycles. The highest BCUT2D eigenvalue weighted by molar-refractivity contribution is 7.15. The van der Waals surface area contributed by atoms with E-state index in [0.29, 0.717) is 0 Å². The standard InChI is InChI=1S/C16H14N2OS/c1-2-14-18-15(12-4-3-9-17-10-12)16(20-14)11-5-7-13(19)8-6-11/h3-10,19H,2H2,1H3. The first kappa shape index (κ1) is 12.8. The zero-order valence-electron chi connectivity index (χ0n) is 11.1. The van der Waals surface area contributed by atoms with E-state index in [4.69, 9.17) is 4.98 Å². The topological polar surface area (TPSA) is 46.0 Å². The van der Waals surface area contributed by atoms with E-state index in [2.05, 4.69) is 11.9 Å². The quantitative estimate of drug-likeness (QED) is 0.785. The number of aromatic hydroxyl groups is 1. The molecule has 0 aliphatic carbocycles. The fourth-order valence-corrected chi connectivity index (χ4v) is 3.05. The number of phenols is 1. The third kappa shape index (κ3) is 2.42. The van der Waals surface area contributed by atoms with Gasteiger partial charge in [0, 0.05) is 18.0 Å². The number of thiazole rings is 1. The summed E-state index contributed by atoms with van der Waals surface area (Å²) in [4.78, 5) is 10.0. The van der Waals surface area contributed by atoms with E-state index in [0.717, 1.165) is 33.1 Å². The average molecular weight is 282 g/mol. The first-order valence-electron chi connectivity index (χ1n) is 6.47. The third-order valence-corrected chi connectivity index (χ3v) is 4.29. The molecule has 3 aromatic rings. The Hall–Kier alpha value is -2.20. The number of aromatic nitrogens is 2. The molecule has 20 heavy (non-hydrogen) atoms. The summed E-state index contributed by atoms with van der Waals surface area (Å²) >= 11 is 1.69. The van der Waals surface area contributed by atoms with Gasteiger partial charge in [-0.2, -0.15) is 0 Å². The van der Waals surface area contributed by atoms with Gasteiger partial charge in [0.15, 0.2) is 0 Å². The highest BCUT2D eigenvalue weighted by atomic mass is 32.1. The lowest BCUT2D eigenvalue weighted by molar-refractivity contribution is 0.475. The summed E-state index contributed by atoms with van der Waals surface area (Å²) in [7, 11) is 0. The van der Waals surface area contributed by atoms with Crippen molar-refractivity contribution in [3.8, 4) is 27.4 Å². The Kier molecular flexibility index (Phi) is 3.48. The molecule has 0 spiro atoms. The van der Waals surface area contributed by atoms with Crippen molar-refractivity contribution in [2.75, 3.05) is 0 Å². The lowest BCUT2D eigenvalue weighted by Crippen LogP contribution is -1.84. The predicted molar refractivity (Wildman–Crippen MR) is 81.8 cm³/mol. The molecule has 0 radical (unpaired) electrons. The number of aryl methyl sites for hydroxylation is 1. The molecule has 3 nitrogen and oxygen atoms in total. The molecule has 0 saturated carbocycles. The van der Waals surface area contributed by atoms with Crippen LogP contribution >= 0.6 is 11.3 Å². The second-order valence-corrected chi connectivity index (χ2v) is 5.51. The van der Waals surface area contributed by atoms with Crippen LogP contribution < -0.4 is 0 Å². The maximum Gasteiger partial charge on any atom is 0.115 e. The first-order valence-corrected chi connectivity index (χ1v) is 7.29. The highest BCUT2D eigenvalue weighted by Gasteiger charge is 2.14. The summed E-state index contributed by atoms with van der Waals surface area (Å²) in [5, 5.41) is 10.5. The number of hydrogen-bond acceptors (Lipinski definition) is 4. The maximum absolute atomic E-state index is 9.42. The number of hydrogen-bond donors (Lipinski definition) is 1. The van der Waals surface area contributed by atoms with Gasteiger partial charge >= 0.3 is 0 Å². The van der Waals surface area contributed by atoms with Gasteiger partial charge < -0.3 is 5.11 Å². The molecule has 0 aliphatic rings. The summed E-state index contributed by atoms with van der Waals surface area (Å²) in [6.07, 6.45) is 4.51. The Labute approximate surface area is 121 Å². The molecule has 0 fully saturated rings. The normalized spacial score (nSPS) is 10.7. The Balaban J connectivity index is 2.15. The molecule has 0 aliphatic heterocycles. The van der Waals surface area contributed by atoms with E-state index < -0.39 is 0 Å². The fourth-order valence-electron chi connectivity index (χ4n) is 2.02. The van der Waals surface area contributed by atoms with Crippen molar-refractivity contribution in [3.05, 3.63) is 53.8 Å². The van der Waals surface area contributed by atoms with Crippen LogP contribution in [0.3, 0.4) is 0 Å². The summed E-state index contributed by atoms with van der Waals surface area (Å²) in [5.74, 6) is 0.275. The summed E-state index contributed by atoms with van der Waals surface area (Å²) < 4.78 is 0. The van der Waals surface area contributed by atoms with Gasteiger partial charge in [0.1, 0.15) is 5.75 Å². The van der Waals surface area contributed by atoms with Crippen molar-refractivity contribution in [3.63, 3.8) is 0 Å². The maximum atomic E-state index is 9.42. The van der Waals surface area contributed by atoms with Crippen LogP contribution in [-0.2, 0) is 6.42 Å². The average Bonchev–Trinajstić information content (AvgIpc) is 2.93. The molecule has 0 unspecified atom stereocenters. The van der Waals surface area contributed by atoms with E-state index in [1.807, 2.05) is 30.5 Å². The van der Waals surface area contributed by atoms with Gasteiger partial charge in [0.05, 0.1) is 15.6 Å². The van der Waals surface area contributed by atoms with Gasteiger partial charge in [-0.3, -0.25) is 4.98 Å². The van der Waals surface area contributed by atoms with Crippen LogP contribution in [0.1, 0.15) is 11.9 Å². The Morgan fingerprint density at radius 2 is 1.90 bits per heavy atom. The Morgan fingerprint density at radius 1 is 1.10 bits per heavy atom. The second kappa shape index (κ2) is 5.43. The number of benzene rings is 1. The molecule has 3 rings (SSSR count). The molecule has 0 bridgehead atoms. The van der Waals surface area contributed by atoms with E-state index >= 15 is 0 Å². The van der Waals surface area contributed by atoms with Crippen LogP contribution in [0.2, 0.25) is 0 Å². The third-order valence-electron chi connectivity index (χ3n) is 3.04. The lowest BCUT2D eigenvalue weighted by Gasteiger charge is -2.02. The molecule has 0 saturated heterocycles. The van der Waals surface area contributed by atoms with Crippen molar-refractivity contribution < 1.29 is 5.11 Å². The monoisotopic (exact) mass is 282 g/mol. The van der Waals surface area contributed by atoms with Gasteiger partial charge in [0.2, 0.25) is 0 Å². The minimum Gasteiger partial charge on any atom is -0.508 e. The number of rotatable bonds is 3. The molecule has 1 N–H and O–H groups in total. The summed E-state index contributed by atoms with van der Waals surface area (Å²) in [5.41, 5.74) is 3.05. The first-order chi connectivity index (χ1) is 9.78. The minimum absolute atomic E-state index is 0.275. The molecule has 100 valence electrons. The van der Waals surface area contributed by atoms with Gasteiger partial charge in [0.25, 0.3) is 0 Å². The van der Waals surface area contributed by atoms with E-state index in [1.54, 1.807) is 29.7 Å². The van der Waals surface area contributed by atoms with Gasteiger partial charge in [-0.1, -0.05) is 6.92 Å². The fraction of sp³-hybridized carbons (Fsp3) is 0.125.